The average molecular weight is 322 g/mol. The molecule has 0 bridgehead atoms. The van der Waals surface area contributed by atoms with Crippen molar-refractivity contribution in [2.24, 2.45) is 0 Å². The maximum absolute atomic E-state index is 5.50. The van der Waals surface area contributed by atoms with Crippen molar-refractivity contribution in [2.45, 2.75) is 20.0 Å². The predicted octanol–water partition coefficient (Wildman–Crippen LogP) is 3.53. The summed E-state index contributed by atoms with van der Waals surface area (Å²) in [6.07, 6.45) is 0. The van der Waals surface area contributed by atoms with Gasteiger partial charge in [0.2, 0.25) is 6.79 Å². The van der Waals surface area contributed by atoms with E-state index in [1.807, 2.05) is 31.2 Å². The number of halogens is 1. The topological polar surface area (TPSA) is 39.7 Å². The Labute approximate surface area is 136 Å². The van der Waals surface area contributed by atoms with Gasteiger partial charge in [0.1, 0.15) is 5.75 Å². The van der Waals surface area contributed by atoms with Gasteiger partial charge in [0.15, 0.2) is 11.5 Å². The van der Waals surface area contributed by atoms with E-state index in [4.69, 9.17) is 14.2 Å². The fourth-order valence-electron chi connectivity index (χ4n) is 2.31. The molecule has 4 nitrogen and oxygen atoms in total. The van der Waals surface area contributed by atoms with Crippen molar-refractivity contribution in [3.8, 4) is 17.2 Å². The molecule has 2 aromatic rings. The van der Waals surface area contributed by atoms with Crippen LogP contribution in [0, 0.1) is 0 Å². The van der Waals surface area contributed by atoms with Gasteiger partial charge in [-0.05, 0) is 42.3 Å². The minimum atomic E-state index is 0. The summed E-state index contributed by atoms with van der Waals surface area (Å²) in [6, 6.07) is 14.2. The van der Waals surface area contributed by atoms with Crippen molar-refractivity contribution in [3.63, 3.8) is 0 Å². The highest BCUT2D eigenvalue weighted by Gasteiger charge is 2.12. The lowest BCUT2D eigenvalue weighted by molar-refractivity contribution is 0.174. The molecular weight excluding hydrogens is 302 g/mol. The van der Waals surface area contributed by atoms with Gasteiger partial charge in [0.25, 0.3) is 0 Å². The van der Waals surface area contributed by atoms with Crippen LogP contribution >= 0.6 is 12.4 Å². The van der Waals surface area contributed by atoms with Gasteiger partial charge in [0.05, 0.1) is 6.61 Å². The Morgan fingerprint density at radius 1 is 1.00 bits per heavy atom. The number of fused-ring (bicyclic) bond motifs is 1. The highest BCUT2D eigenvalue weighted by Crippen LogP contribution is 2.32. The normalized spacial score (nSPS) is 11.9. The highest BCUT2D eigenvalue weighted by atomic mass is 35.5. The second kappa shape index (κ2) is 7.92. The molecule has 1 N–H and O–H groups in total. The van der Waals surface area contributed by atoms with Gasteiger partial charge >= 0.3 is 0 Å². The minimum Gasteiger partial charge on any atom is -0.494 e. The zero-order valence-electron chi connectivity index (χ0n) is 12.5. The van der Waals surface area contributed by atoms with Crippen molar-refractivity contribution in [3.05, 3.63) is 53.6 Å². The third kappa shape index (κ3) is 4.06. The molecule has 0 saturated carbocycles. The predicted molar refractivity (Wildman–Crippen MR) is 88.0 cm³/mol. The summed E-state index contributed by atoms with van der Waals surface area (Å²) in [7, 11) is 0. The van der Waals surface area contributed by atoms with E-state index in [1.165, 1.54) is 11.1 Å². The molecule has 0 atom stereocenters. The first kappa shape index (κ1) is 16.5. The second-order valence-corrected chi connectivity index (χ2v) is 4.87. The molecule has 22 heavy (non-hydrogen) atoms. The fraction of sp³-hybridized carbons (Fsp3) is 0.294. The monoisotopic (exact) mass is 321 g/mol. The van der Waals surface area contributed by atoms with E-state index in [1.54, 1.807) is 0 Å². The first-order valence-corrected chi connectivity index (χ1v) is 7.16. The molecule has 1 aliphatic rings. The van der Waals surface area contributed by atoms with Crippen LogP contribution in [0.3, 0.4) is 0 Å². The maximum atomic E-state index is 5.50. The molecule has 1 aliphatic heterocycles. The van der Waals surface area contributed by atoms with Gasteiger partial charge in [-0.25, -0.2) is 0 Å². The third-order valence-electron chi connectivity index (χ3n) is 3.30. The van der Waals surface area contributed by atoms with E-state index in [0.29, 0.717) is 13.4 Å². The van der Waals surface area contributed by atoms with Crippen LogP contribution in [0.4, 0.5) is 0 Å². The number of hydrogen-bond acceptors (Lipinski definition) is 4. The fourth-order valence-corrected chi connectivity index (χ4v) is 2.31. The van der Waals surface area contributed by atoms with Crippen LogP contribution in [0.25, 0.3) is 0 Å². The van der Waals surface area contributed by atoms with E-state index in [9.17, 15) is 0 Å². The van der Waals surface area contributed by atoms with Crippen molar-refractivity contribution < 1.29 is 14.2 Å². The van der Waals surface area contributed by atoms with Gasteiger partial charge in [-0.3, -0.25) is 0 Å². The summed E-state index contributed by atoms with van der Waals surface area (Å²) in [5.41, 5.74) is 2.39. The Morgan fingerprint density at radius 2 is 1.77 bits per heavy atom. The largest absolute Gasteiger partial charge is 0.494 e. The molecule has 118 valence electrons. The lowest BCUT2D eigenvalue weighted by Gasteiger charge is -2.08. The van der Waals surface area contributed by atoms with Crippen LogP contribution in [-0.2, 0) is 13.1 Å². The summed E-state index contributed by atoms with van der Waals surface area (Å²) in [4.78, 5) is 0. The van der Waals surface area contributed by atoms with Crippen molar-refractivity contribution in [1.82, 2.24) is 5.32 Å². The first-order chi connectivity index (χ1) is 10.3. The highest BCUT2D eigenvalue weighted by molar-refractivity contribution is 5.85. The van der Waals surface area contributed by atoms with Gasteiger partial charge in [0, 0.05) is 13.1 Å². The Kier molecular flexibility index (Phi) is 5.92. The number of nitrogens with one attached hydrogen (secondary N) is 1. The second-order valence-electron chi connectivity index (χ2n) is 4.87. The zero-order chi connectivity index (χ0) is 14.5. The Hall–Kier alpha value is -1.91. The van der Waals surface area contributed by atoms with E-state index < -0.39 is 0 Å². The van der Waals surface area contributed by atoms with Crippen molar-refractivity contribution in [1.29, 1.82) is 0 Å². The van der Waals surface area contributed by atoms with Crippen LogP contribution in [0.2, 0.25) is 0 Å². The van der Waals surface area contributed by atoms with Crippen LogP contribution in [0.5, 0.6) is 17.2 Å². The van der Waals surface area contributed by atoms with Crippen LogP contribution in [-0.4, -0.2) is 13.4 Å². The number of rotatable bonds is 6. The summed E-state index contributed by atoms with van der Waals surface area (Å²) >= 11 is 0. The molecule has 0 radical (unpaired) electrons. The SMILES string of the molecule is CCOc1cccc(CNCc2ccc3c(c2)OCO3)c1.Cl. The lowest BCUT2D eigenvalue weighted by atomic mass is 10.2. The van der Waals surface area contributed by atoms with E-state index >= 15 is 0 Å². The molecule has 0 amide bonds. The minimum absolute atomic E-state index is 0. The molecule has 3 rings (SSSR count). The molecule has 0 spiro atoms. The quantitative estimate of drug-likeness (QED) is 0.883. The Balaban J connectivity index is 0.00000176. The van der Waals surface area contributed by atoms with Gasteiger partial charge < -0.3 is 19.5 Å². The van der Waals surface area contributed by atoms with E-state index in [0.717, 1.165) is 30.3 Å². The molecule has 0 aromatic heterocycles. The maximum Gasteiger partial charge on any atom is 0.231 e. The number of ether oxygens (including phenoxy) is 3. The summed E-state index contributed by atoms with van der Waals surface area (Å²) < 4.78 is 16.2. The molecule has 0 unspecified atom stereocenters. The Morgan fingerprint density at radius 3 is 2.59 bits per heavy atom. The average Bonchev–Trinajstić information content (AvgIpc) is 2.96. The summed E-state index contributed by atoms with van der Waals surface area (Å²) in [5, 5.41) is 3.43. The van der Waals surface area contributed by atoms with Gasteiger partial charge in [-0.15, -0.1) is 12.4 Å². The molecule has 0 saturated heterocycles. The smallest absolute Gasteiger partial charge is 0.231 e. The molecule has 0 fully saturated rings. The van der Waals surface area contributed by atoms with Gasteiger partial charge in [-0.1, -0.05) is 18.2 Å². The van der Waals surface area contributed by atoms with E-state index in [2.05, 4.69) is 23.5 Å². The van der Waals surface area contributed by atoms with Crippen molar-refractivity contribution >= 4 is 12.4 Å². The van der Waals surface area contributed by atoms with Crippen LogP contribution in [0.1, 0.15) is 18.1 Å². The van der Waals surface area contributed by atoms with Crippen molar-refractivity contribution in [2.75, 3.05) is 13.4 Å². The number of benzene rings is 2. The van der Waals surface area contributed by atoms with Gasteiger partial charge in [-0.2, -0.15) is 0 Å². The first-order valence-electron chi connectivity index (χ1n) is 7.16. The summed E-state index contributed by atoms with van der Waals surface area (Å²) in [6.45, 7) is 4.58. The summed E-state index contributed by atoms with van der Waals surface area (Å²) in [5.74, 6) is 2.57. The standard InChI is InChI=1S/C17H19NO3.ClH/c1-2-19-15-5-3-4-13(8-15)10-18-11-14-6-7-16-17(9-14)21-12-20-16;/h3-9,18H,2,10-12H2,1H3;1H. The zero-order valence-corrected chi connectivity index (χ0v) is 13.3. The molecular formula is C17H20ClNO3. The molecule has 1 heterocycles. The molecule has 0 aliphatic carbocycles. The Bertz CT molecular complexity index is 619. The number of hydrogen-bond donors (Lipinski definition) is 1. The van der Waals surface area contributed by atoms with E-state index in [-0.39, 0.29) is 12.4 Å². The molecule has 2 aromatic carbocycles. The van der Waals surface area contributed by atoms with Crippen LogP contribution in [0.15, 0.2) is 42.5 Å². The third-order valence-corrected chi connectivity index (χ3v) is 3.30. The molecule has 5 heteroatoms. The van der Waals surface area contributed by atoms with Crippen LogP contribution < -0.4 is 19.5 Å². The lowest BCUT2D eigenvalue weighted by Crippen LogP contribution is -2.12.